The van der Waals surface area contributed by atoms with Gasteiger partial charge in [-0.1, -0.05) is 36.8 Å². The van der Waals surface area contributed by atoms with Crippen LogP contribution in [0.1, 0.15) is 62.1 Å². The zero-order valence-corrected chi connectivity index (χ0v) is 15.5. The molecule has 1 N–H and O–H groups in total. The first-order valence-electron chi connectivity index (χ1n) is 9.95. The van der Waals surface area contributed by atoms with Gasteiger partial charge in [-0.25, -0.2) is 4.39 Å². The summed E-state index contributed by atoms with van der Waals surface area (Å²) in [5.74, 6) is 0.696. The summed E-state index contributed by atoms with van der Waals surface area (Å²) in [6.45, 7) is 0. The molecule has 2 aromatic rings. The van der Waals surface area contributed by atoms with Crippen LogP contribution < -0.4 is 10.1 Å². The van der Waals surface area contributed by atoms with Crippen LogP contribution in [0.25, 0.3) is 0 Å². The Bertz CT molecular complexity index is 796. The summed E-state index contributed by atoms with van der Waals surface area (Å²) >= 11 is 0. The predicted molar refractivity (Wildman–Crippen MR) is 103 cm³/mol. The van der Waals surface area contributed by atoms with Crippen LogP contribution in [0, 0.1) is 5.82 Å². The minimum Gasteiger partial charge on any atom is -0.487 e. The van der Waals surface area contributed by atoms with E-state index in [1.807, 2.05) is 18.2 Å². The Balaban J connectivity index is 1.44. The number of carbonyl (C=O) groups excluding carboxylic acids is 1. The third-order valence-electron chi connectivity index (χ3n) is 5.85. The Morgan fingerprint density at radius 1 is 1.07 bits per heavy atom. The summed E-state index contributed by atoms with van der Waals surface area (Å²) in [5.41, 5.74) is 1.91. The largest absolute Gasteiger partial charge is 0.487 e. The van der Waals surface area contributed by atoms with Crippen molar-refractivity contribution in [1.82, 2.24) is 5.32 Å². The summed E-state index contributed by atoms with van der Waals surface area (Å²) < 4.78 is 19.4. The second-order valence-corrected chi connectivity index (χ2v) is 7.83. The molecule has 1 spiro atoms. The molecule has 1 saturated carbocycles. The first-order valence-corrected chi connectivity index (χ1v) is 9.95. The summed E-state index contributed by atoms with van der Waals surface area (Å²) in [6, 6.07) is 14.4. The minimum absolute atomic E-state index is 0.00577. The van der Waals surface area contributed by atoms with Gasteiger partial charge in [0, 0.05) is 18.4 Å². The number of hydrogen-bond acceptors (Lipinski definition) is 2. The summed E-state index contributed by atoms with van der Waals surface area (Å²) in [6.07, 6.45) is 7.61. The van der Waals surface area contributed by atoms with Gasteiger partial charge in [0.05, 0.1) is 6.04 Å². The van der Waals surface area contributed by atoms with Crippen LogP contribution >= 0.6 is 0 Å². The second kappa shape index (κ2) is 7.71. The molecule has 4 rings (SSSR count). The third kappa shape index (κ3) is 4.15. The molecule has 0 bridgehead atoms. The molecular formula is C23H26FNO2. The predicted octanol–water partition coefficient (Wildman–Crippen LogP) is 5.10. The molecular weight excluding hydrogens is 341 g/mol. The molecule has 0 unspecified atom stereocenters. The number of halogens is 1. The van der Waals surface area contributed by atoms with E-state index in [9.17, 15) is 9.18 Å². The molecule has 4 heteroatoms. The number of fused-ring (bicyclic) bond motifs is 1. The zero-order chi connectivity index (χ0) is 18.7. The maximum absolute atomic E-state index is 13.0. The van der Waals surface area contributed by atoms with E-state index in [-0.39, 0.29) is 23.4 Å². The lowest BCUT2D eigenvalue weighted by molar-refractivity contribution is -0.122. The number of carbonyl (C=O) groups is 1. The van der Waals surface area contributed by atoms with Crippen LogP contribution in [-0.2, 0) is 11.2 Å². The van der Waals surface area contributed by atoms with Crippen molar-refractivity contribution in [2.75, 3.05) is 0 Å². The summed E-state index contributed by atoms with van der Waals surface area (Å²) in [5, 5.41) is 3.24. The average molecular weight is 367 g/mol. The smallest absolute Gasteiger partial charge is 0.220 e. The lowest BCUT2D eigenvalue weighted by Crippen LogP contribution is -2.46. The summed E-state index contributed by atoms with van der Waals surface area (Å²) in [4.78, 5) is 12.6. The Kier molecular flexibility index (Phi) is 5.15. The monoisotopic (exact) mass is 367 g/mol. The van der Waals surface area contributed by atoms with Crippen LogP contribution in [0.5, 0.6) is 5.75 Å². The van der Waals surface area contributed by atoms with Crippen molar-refractivity contribution in [2.45, 2.75) is 63.0 Å². The molecule has 1 heterocycles. The van der Waals surface area contributed by atoms with Crippen molar-refractivity contribution in [2.24, 2.45) is 0 Å². The highest BCUT2D eigenvalue weighted by Crippen LogP contribution is 2.46. The van der Waals surface area contributed by atoms with Gasteiger partial charge >= 0.3 is 0 Å². The van der Waals surface area contributed by atoms with Crippen LogP contribution in [0.4, 0.5) is 4.39 Å². The van der Waals surface area contributed by atoms with Crippen molar-refractivity contribution in [1.29, 1.82) is 0 Å². The van der Waals surface area contributed by atoms with E-state index >= 15 is 0 Å². The molecule has 2 aromatic carbocycles. The third-order valence-corrected chi connectivity index (χ3v) is 5.85. The Morgan fingerprint density at radius 2 is 1.81 bits per heavy atom. The number of amides is 1. The van der Waals surface area contributed by atoms with Gasteiger partial charge < -0.3 is 10.1 Å². The quantitative estimate of drug-likeness (QED) is 0.816. The van der Waals surface area contributed by atoms with E-state index in [0.29, 0.717) is 12.8 Å². The van der Waals surface area contributed by atoms with Gasteiger partial charge in [0.15, 0.2) is 0 Å². The fourth-order valence-electron chi connectivity index (χ4n) is 4.42. The number of nitrogens with one attached hydrogen (secondary N) is 1. The van der Waals surface area contributed by atoms with Gasteiger partial charge in [0.1, 0.15) is 17.2 Å². The molecule has 0 aromatic heterocycles. The van der Waals surface area contributed by atoms with E-state index in [1.165, 1.54) is 31.4 Å². The first kappa shape index (κ1) is 18.0. The number of rotatable bonds is 4. The maximum Gasteiger partial charge on any atom is 0.220 e. The zero-order valence-electron chi connectivity index (χ0n) is 15.5. The van der Waals surface area contributed by atoms with Crippen LogP contribution in [0.15, 0.2) is 48.5 Å². The van der Waals surface area contributed by atoms with E-state index < -0.39 is 0 Å². The van der Waals surface area contributed by atoms with Crippen molar-refractivity contribution in [3.8, 4) is 5.75 Å². The molecule has 27 heavy (non-hydrogen) atoms. The van der Waals surface area contributed by atoms with Gasteiger partial charge in [-0.2, -0.15) is 0 Å². The molecule has 1 amide bonds. The number of benzene rings is 2. The highest BCUT2D eigenvalue weighted by atomic mass is 19.1. The van der Waals surface area contributed by atoms with Gasteiger partial charge in [0.2, 0.25) is 5.91 Å². The number of hydrogen-bond donors (Lipinski definition) is 1. The van der Waals surface area contributed by atoms with E-state index in [0.717, 1.165) is 36.1 Å². The Morgan fingerprint density at radius 3 is 2.59 bits per heavy atom. The molecule has 0 radical (unpaired) electrons. The van der Waals surface area contributed by atoms with Crippen molar-refractivity contribution < 1.29 is 13.9 Å². The van der Waals surface area contributed by atoms with Crippen LogP contribution in [0.2, 0.25) is 0 Å². The molecule has 142 valence electrons. The lowest BCUT2D eigenvalue weighted by Gasteiger charge is -2.44. The Labute approximate surface area is 159 Å². The minimum atomic E-state index is -0.250. The van der Waals surface area contributed by atoms with Gasteiger partial charge in [-0.15, -0.1) is 0 Å². The fraction of sp³-hybridized carbons (Fsp3) is 0.435. The van der Waals surface area contributed by atoms with Crippen molar-refractivity contribution in [3.05, 3.63) is 65.5 Å². The fourth-order valence-corrected chi connectivity index (χ4v) is 4.42. The second-order valence-electron chi connectivity index (χ2n) is 7.83. The first-order chi connectivity index (χ1) is 13.1. The standard InChI is InChI=1S/C23H26FNO2/c24-18-11-8-17(9-12-18)10-13-22(26)25-20-16-23(14-4-1-5-15-23)27-21-7-3-2-6-19(20)21/h2-3,6-9,11-12,20H,1,4-5,10,13-16H2,(H,25,26)/t20-/m1/s1. The topological polar surface area (TPSA) is 38.3 Å². The van der Waals surface area contributed by atoms with Gasteiger partial charge in [0.25, 0.3) is 0 Å². The molecule has 2 aliphatic rings. The normalized spacial score (nSPS) is 20.6. The SMILES string of the molecule is O=C(CCc1ccc(F)cc1)N[C@@H]1CC2(CCCCC2)Oc2ccccc21. The van der Waals surface area contributed by atoms with E-state index in [1.54, 1.807) is 12.1 Å². The molecule has 1 aliphatic heterocycles. The molecule has 3 nitrogen and oxygen atoms in total. The van der Waals surface area contributed by atoms with E-state index in [4.69, 9.17) is 4.74 Å². The number of ether oxygens (including phenoxy) is 1. The average Bonchev–Trinajstić information content (AvgIpc) is 2.68. The van der Waals surface area contributed by atoms with Crippen molar-refractivity contribution >= 4 is 5.91 Å². The molecule has 1 aliphatic carbocycles. The van der Waals surface area contributed by atoms with Crippen LogP contribution in [0.3, 0.4) is 0 Å². The Hall–Kier alpha value is -2.36. The number of aryl methyl sites for hydroxylation is 1. The maximum atomic E-state index is 13.0. The molecule has 1 fully saturated rings. The van der Waals surface area contributed by atoms with E-state index in [2.05, 4.69) is 11.4 Å². The number of para-hydroxylation sites is 1. The molecule has 0 saturated heterocycles. The summed E-state index contributed by atoms with van der Waals surface area (Å²) in [7, 11) is 0. The van der Waals surface area contributed by atoms with Crippen LogP contribution in [-0.4, -0.2) is 11.5 Å². The molecule has 1 atom stereocenters. The highest BCUT2D eigenvalue weighted by molar-refractivity contribution is 5.77. The van der Waals surface area contributed by atoms with Gasteiger partial charge in [-0.05, 0) is 55.9 Å². The van der Waals surface area contributed by atoms with Crippen molar-refractivity contribution in [3.63, 3.8) is 0 Å². The van der Waals surface area contributed by atoms with Gasteiger partial charge in [-0.3, -0.25) is 4.79 Å². The lowest BCUT2D eigenvalue weighted by atomic mass is 9.77. The highest BCUT2D eigenvalue weighted by Gasteiger charge is 2.42.